The quantitative estimate of drug-likeness (QED) is 0.735. The molecule has 0 saturated carbocycles. The van der Waals surface area contributed by atoms with Crippen molar-refractivity contribution in [1.82, 2.24) is 35.4 Å². The number of aromatic nitrogens is 5. The fourth-order valence-electron chi connectivity index (χ4n) is 3.24. The molecule has 3 heterocycles. The van der Waals surface area contributed by atoms with Crippen LogP contribution in [0.2, 0.25) is 0 Å². The maximum atomic E-state index is 12.8. The first-order chi connectivity index (χ1) is 12.3. The molecule has 1 saturated heterocycles. The van der Waals surface area contributed by atoms with Gasteiger partial charge in [0.1, 0.15) is 18.6 Å². The van der Waals surface area contributed by atoms with Gasteiger partial charge >= 0.3 is 0 Å². The lowest BCUT2D eigenvalue weighted by molar-refractivity contribution is -0.122. The first kappa shape index (κ1) is 17.8. The Bertz CT molecular complexity index is 844. The normalized spacial score (nSPS) is 18.7. The second-order valence-electron chi connectivity index (χ2n) is 7.20. The van der Waals surface area contributed by atoms with Crippen molar-refractivity contribution in [3.05, 3.63) is 40.6 Å². The number of carbonyl (C=O) groups is 2. The molecule has 2 N–H and O–H groups in total. The van der Waals surface area contributed by atoms with Gasteiger partial charge in [-0.05, 0) is 28.3 Å². The minimum absolute atomic E-state index is 0.0169. The number of hydrogen-bond acceptors (Lipinski definition) is 6. The van der Waals surface area contributed by atoms with Gasteiger partial charge < -0.3 is 15.2 Å². The largest absolute Gasteiger partial charge is 0.352 e. The summed E-state index contributed by atoms with van der Waals surface area (Å²) >= 11 is 0. The number of carbonyl (C=O) groups excluding carboxylic acids is 2. The number of nitrogens with one attached hydrogen (secondary N) is 2. The number of amides is 2. The Morgan fingerprint density at radius 2 is 2.19 bits per heavy atom. The monoisotopic (exact) mass is 359 g/mol. The SMILES string of the molecule is CC1(C)C[C@@H](CNC(=O)Cn2cnnn2)N(C(=O)c2cccc(=O)[nH]2)C1. The molecule has 1 aliphatic heterocycles. The van der Waals surface area contributed by atoms with E-state index in [1.54, 1.807) is 17.0 Å². The van der Waals surface area contributed by atoms with Crippen LogP contribution in [-0.4, -0.2) is 61.0 Å². The van der Waals surface area contributed by atoms with Crippen LogP contribution in [0.25, 0.3) is 0 Å². The highest BCUT2D eigenvalue weighted by Crippen LogP contribution is 2.34. The van der Waals surface area contributed by atoms with Crippen LogP contribution in [0.1, 0.15) is 30.8 Å². The van der Waals surface area contributed by atoms with E-state index in [-0.39, 0.29) is 41.1 Å². The van der Waals surface area contributed by atoms with Crippen LogP contribution in [-0.2, 0) is 11.3 Å². The fraction of sp³-hybridized carbons (Fsp3) is 0.500. The minimum atomic E-state index is -0.319. The van der Waals surface area contributed by atoms with Crippen molar-refractivity contribution in [2.75, 3.05) is 13.1 Å². The molecule has 0 aromatic carbocycles. The average molecular weight is 359 g/mol. The first-order valence-electron chi connectivity index (χ1n) is 8.32. The van der Waals surface area contributed by atoms with E-state index in [4.69, 9.17) is 0 Å². The van der Waals surface area contributed by atoms with Crippen LogP contribution in [0.3, 0.4) is 0 Å². The number of rotatable bonds is 5. The van der Waals surface area contributed by atoms with Gasteiger partial charge in [0, 0.05) is 25.2 Å². The maximum absolute atomic E-state index is 12.8. The number of H-pyrrole nitrogens is 1. The summed E-state index contributed by atoms with van der Waals surface area (Å²) in [5.41, 5.74) is -0.142. The molecule has 2 amide bonds. The van der Waals surface area contributed by atoms with E-state index in [1.807, 2.05) is 0 Å². The number of tetrazole rings is 1. The molecule has 138 valence electrons. The third-order valence-electron chi connectivity index (χ3n) is 4.32. The third kappa shape index (κ3) is 4.13. The predicted molar refractivity (Wildman–Crippen MR) is 91.1 cm³/mol. The Morgan fingerprint density at radius 3 is 2.88 bits per heavy atom. The van der Waals surface area contributed by atoms with Gasteiger partial charge in [-0.15, -0.1) is 5.10 Å². The van der Waals surface area contributed by atoms with Crippen molar-refractivity contribution < 1.29 is 9.59 Å². The van der Waals surface area contributed by atoms with Crippen molar-refractivity contribution in [2.45, 2.75) is 32.9 Å². The predicted octanol–water partition coefficient (Wildman–Crippen LogP) is -0.581. The van der Waals surface area contributed by atoms with E-state index in [9.17, 15) is 14.4 Å². The van der Waals surface area contributed by atoms with Gasteiger partial charge in [-0.25, -0.2) is 4.68 Å². The van der Waals surface area contributed by atoms with Gasteiger partial charge in [0.25, 0.3) is 5.91 Å². The van der Waals surface area contributed by atoms with Crippen molar-refractivity contribution in [3.63, 3.8) is 0 Å². The summed E-state index contributed by atoms with van der Waals surface area (Å²) in [7, 11) is 0. The van der Waals surface area contributed by atoms with Gasteiger partial charge in [-0.3, -0.25) is 14.4 Å². The minimum Gasteiger partial charge on any atom is -0.352 e. The molecule has 10 nitrogen and oxygen atoms in total. The number of likely N-dealkylation sites (tertiary alicyclic amines) is 1. The standard InChI is InChI=1S/C16H21N7O3/c1-16(2)6-11(7-17-14(25)8-22-10-18-20-21-22)23(9-16)15(26)12-4-3-5-13(24)19-12/h3-5,10-11H,6-9H2,1-2H3,(H,17,25)(H,19,24)/t11-/m0/s1. The molecule has 2 aromatic rings. The molecule has 3 rings (SSSR count). The molecule has 0 unspecified atom stereocenters. The number of pyridine rings is 1. The van der Waals surface area contributed by atoms with Crippen LogP contribution >= 0.6 is 0 Å². The molecule has 26 heavy (non-hydrogen) atoms. The van der Waals surface area contributed by atoms with Gasteiger partial charge in [0.05, 0.1) is 0 Å². The zero-order chi connectivity index (χ0) is 18.7. The topological polar surface area (TPSA) is 126 Å². The fourth-order valence-corrected chi connectivity index (χ4v) is 3.24. The van der Waals surface area contributed by atoms with Crippen LogP contribution in [0.5, 0.6) is 0 Å². The molecule has 1 atom stereocenters. The lowest BCUT2D eigenvalue weighted by atomic mass is 9.91. The highest BCUT2D eigenvalue weighted by atomic mass is 16.2. The Labute approximate surface area is 149 Å². The van der Waals surface area contributed by atoms with E-state index in [0.29, 0.717) is 13.1 Å². The van der Waals surface area contributed by atoms with Gasteiger partial charge in [-0.2, -0.15) is 0 Å². The van der Waals surface area contributed by atoms with Gasteiger partial charge in [0.15, 0.2) is 0 Å². The van der Waals surface area contributed by atoms with E-state index >= 15 is 0 Å². The summed E-state index contributed by atoms with van der Waals surface area (Å²) < 4.78 is 1.32. The first-order valence-corrected chi connectivity index (χ1v) is 8.32. The molecule has 2 aromatic heterocycles. The summed E-state index contributed by atoms with van der Waals surface area (Å²) in [4.78, 5) is 40.6. The van der Waals surface area contributed by atoms with Crippen LogP contribution in [0.15, 0.2) is 29.3 Å². The molecule has 0 radical (unpaired) electrons. The molecule has 0 aliphatic carbocycles. The van der Waals surface area contributed by atoms with E-state index in [1.165, 1.54) is 17.1 Å². The van der Waals surface area contributed by atoms with Crippen molar-refractivity contribution in [2.24, 2.45) is 5.41 Å². The van der Waals surface area contributed by atoms with E-state index in [0.717, 1.165) is 6.42 Å². The third-order valence-corrected chi connectivity index (χ3v) is 4.32. The van der Waals surface area contributed by atoms with Gasteiger partial charge in [-0.1, -0.05) is 19.9 Å². The smallest absolute Gasteiger partial charge is 0.270 e. The molecular weight excluding hydrogens is 338 g/mol. The molecule has 0 bridgehead atoms. The summed E-state index contributed by atoms with van der Waals surface area (Å²) in [6, 6.07) is 4.35. The molecule has 1 fully saturated rings. The Kier molecular flexibility index (Phi) is 4.83. The lowest BCUT2D eigenvalue weighted by Gasteiger charge is -2.25. The highest BCUT2D eigenvalue weighted by molar-refractivity contribution is 5.92. The summed E-state index contributed by atoms with van der Waals surface area (Å²) in [6.45, 7) is 5.04. The summed E-state index contributed by atoms with van der Waals surface area (Å²) in [6.07, 6.45) is 2.11. The van der Waals surface area contributed by atoms with Gasteiger partial charge in [0.2, 0.25) is 11.5 Å². The Morgan fingerprint density at radius 1 is 1.38 bits per heavy atom. The average Bonchev–Trinajstić information content (AvgIpc) is 3.19. The molecule has 10 heteroatoms. The summed E-state index contributed by atoms with van der Waals surface area (Å²) in [5, 5.41) is 13.4. The second kappa shape index (κ2) is 7.06. The van der Waals surface area contributed by atoms with Crippen molar-refractivity contribution in [1.29, 1.82) is 0 Å². The van der Waals surface area contributed by atoms with E-state index in [2.05, 4.69) is 39.7 Å². The summed E-state index contributed by atoms with van der Waals surface area (Å²) in [5.74, 6) is -0.476. The highest BCUT2D eigenvalue weighted by Gasteiger charge is 2.40. The Balaban J connectivity index is 1.67. The Hall–Kier alpha value is -3.04. The molecule has 0 spiro atoms. The lowest BCUT2D eigenvalue weighted by Crippen LogP contribution is -2.44. The van der Waals surface area contributed by atoms with E-state index < -0.39 is 0 Å². The number of aromatic amines is 1. The zero-order valence-electron chi connectivity index (χ0n) is 14.7. The van der Waals surface area contributed by atoms with Crippen LogP contribution in [0, 0.1) is 5.41 Å². The van der Waals surface area contributed by atoms with Crippen molar-refractivity contribution >= 4 is 11.8 Å². The van der Waals surface area contributed by atoms with Crippen molar-refractivity contribution in [3.8, 4) is 0 Å². The number of nitrogens with zero attached hydrogens (tertiary/aromatic N) is 5. The number of hydrogen-bond donors (Lipinski definition) is 2. The molecular formula is C16H21N7O3. The zero-order valence-corrected chi connectivity index (χ0v) is 14.7. The van der Waals surface area contributed by atoms with Crippen LogP contribution in [0.4, 0.5) is 0 Å². The molecule has 1 aliphatic rings. The second-order valence-corrected chi connectivity index (χ2v) is 7.20. The van der Waals surface area contributed by atoms with Crippen LogP contribution < -0.4 is 10.9 Å². The maximum Gasteiger partial charge on any atom is 0.270 e.